The topological polar surface area (TPSA) is 68.0 Å². The second-order valence-electron chi connectivity index (χ2n) is 5.54. The summed E-state index contributed by atoms with van der Waals surface area (Å²) in [4.78, 5) is 10.8. The van der Waals surface area contributed by atoms with Gasteiger partial charge in [0.25, 0.3) is 0 Å². The molecular formula is C14H17N3O2. The molecule has 2 rings (SSSR count). The lowest BCUT2D eigenvalue weighted by Crippen LogP contribution is -2.17. The first-order valence-electron chi connectivity index (χ1n) is 6.04. The molecule has 0 aliphatic rings. The van der Waals surface area contributed by atoms with Crippen LogP contribution in [-0.2, 0) is 12.5 Å². The van der Waals surface area contributed by atoms with Crippen molar-refractivity contribution in [2.75, 3.05) is 0 Å². The minimum atomic E-state index is -0.931. The summed E-state index contributed by atoms with van der Waals surface area (Å²) in [7, 11) is 1.92. The quantitative estimate of drug-likeness (QED) is 0.899. The van der Waals surface area contributed by atoms with Gasteiger partial charge in [0.2, 0.25) is 0 Å². The lowest BCUT2D eigenvalue weighted by molar-refractivity contribution is 0.0697. The molecule has 0 radical (unpaired) electrons. The van der Waals surface area contributed by atoms with E-state index in [1.54, 1.807) is 24.3 Å². The molecule has 100 valence electrons. The van der Waals surface area contributed by atoms with E-state index in [-0.39, 0.29) is 11.0 Å². The normalized spacial score (nSPS) is 11.6. The van der Waals surface area contributed by atoms with Gasteiger partial charge in [-0.05, 0) is 12.1 Å². The van der Waals surface area contributed by atoms with Gasteiger partial charge >= 0.3 is 5.97 Å². The maximum atomic E-state index is 10.8. The molecule has 0 fully saturated rings. The van der Waals surface area contributed by atoms with Crippen LogP contribution in [-0.4, -0.2) is 25.8 Å². The molecular weight excluding hydrogens is 242 g/mol. The summed E-state index contributed by atoms with van der Waals surface area (Å²) in [5, 5.41) is 17.3. The zero-order valence-corrected chi connectivity index (χ0v) is 11.5. The van der Waals surface area contributed by atoms with Crippen LogP contribution in [0.2, 0.25) is 0 Å². The minimum Gasteiger partial charge on any atom is -0.478 e. The molecule has 19 heavy (non-hydrogen) atoms. The summed E-state index contributed by atoms with van der Waals surface area (Å²) in [5.74, 6) is 0.701. The number of benzene rings is 1. The number of hydrogen-bond acceptors (Lipinski definition) is 3. The number of hydrogen-bond donors (Lipinski definition) is 1. The summed E-state index contributed by atoms with van der Waals surface area (Å²) in [6, 6.07) is 6.64. The Labute approximate surface area is 111 Å². The highest BCUT2D eigenvalue weighted by Gasteiger charge is 2.22. The van der Waals surface area contributed by atoms with E-state index in [1.165, 1.54) is 0 Å². The fraction of sp³-hybridized carbons (Fsp3) is 0.357. The van der Waals surface area contributed by atoms with Crippen LogP contribution in [0.4, 0.5) is 0 Å². The van der Waals surface area contributed by atoms with Crippen molar-refractivity contribution in [2.45, 2.75) is 26.2 Å². The van der Waals surface area contributed by atoms with Crippen molar-refractivity contribution in [1.29, 1.82) is 0 Å². The molecule has 0 amide bonds. The maximum Gasteiger partial charge on any atom is 0.335 e. The molecule has 0 unspecified atom stereocenters. The van der Waals surface area contributed by atoms with Crippen molar-refractivity contribution in [1.82, 2.24) is 14.8 Å². The lowest BCUT2D eigenvalue weighted by Gasteiger charge is -2.17. The first kappa shape index (κ1) is 13.3. The molecule has 0 aliphatic carbocycles. The van der Waals surface area contributed by atoms with E-state index >= 15 is 0 Å². The van der Waals surface area contributed by atoms with Gasteiger partial charge in [-0.25, -0.2) is 4.79 Å². The largest absolute Gasteiger partial charge is 0.478 e. The van der Waals surface area contributed by atoms with Gasteiger partial charge in [0.1, 0.15) is 5.82 Å². The van der Waals surface area contributed by atoms with Crippen molar-refractivity contribution in [3.8, 4) is 11.4 Å². The molecule has 1 aromatic carbocycles. The number of aromatic carboxylic acids is 1. The number of nitrogens with zero attached hydrogens (tertiary/aromatic N) is 3. The van der Waals surface area contributed by atoms with E-state index in [9.17, 15) is 4.79 Å². The third kappa shape index (κ3) is 2.50. The number of carboxylic acid groups (broad SMARTS) is 1. The number of rotatable bonds is 2. The summed E-state index contributed by atoms with van der Waals surface area (Å²) >= 11 is 0. The van der Waals surface area contributed by atoms with Crippen molar-refractivity contribution < 1.29 is 9.90 Å². The SMILES string of the molecule is Cn1c(-c2ccc(C(=O)O)cc2)nnc1C(C)(C)C. The molecule has 2 aromatic rings. The Morgan fingerprint density at radius 1 is 1.16 bits per heavy atom. The highest BCUT2D eigenvalue weighted by Crippen LogP contribution is 2.24. The zero-order valence-electron chi connectivity index (χ0n) is 11.5. The first-order chi connectivity index (χ1) is 8.80. The van der Waals surface area contributed by atoms with Crippen molar-refractivity contribution in [3.63, 3.8) is 0 Å². The van der Waals surface area contributed by atoms with Crippen molar-refractivity contribution in [2.24, 2.45) is 7.05 Å². The van der Waals surface area contributed by atoms with Crippen LogP contribution in [0.1, 0.15) is 37.0 Å². The van der Waals surface area contributed by atoms with E-state index in [0.29, 0.717) is 0 Å². The molecule has 1 aromatic heterocycles. The standard InChI is InChI=1S/C14H17N3O2/c1-14(2,3)13-16-15-11(17(13)4)9-5-7-10(8-6-9)12(18)19/h5-8H,1-4H3,(H,18,19). The molecule has 0 spiro atoms. The van der Waals surface area contributed by atoms with Crippen LogP contribution < -0.4 is 0 Å². The lowest BCUT2D eigenvalue weighted by atomic mass is 9.96. The fourth-order valence-corrected chi connectivity index (χ4v) is 2.00. The Hall–Kier alpha value is -2.17. The predicted octanol–water partition coefficient (Wildman–Crippen LogP) is 2.48. The smallest absolute Gasteiger partial charge is 0.335 e. The van der Waals surface area contributed by atoms with Gasteiger partial charge < -0.3 is 9.67 Å². The van der Waals surface area contributed by atoms with Crippen molar-refractivity contribution in [3.05, 3.63) is 35.7 Å². The molecule has 1 N–H and O–H groups in total. The highest BCUT2D eigenvalue weighted by molar-refractivity contribution is 5.88. The Morgan fingerprint density at radius 3 is 2.16 bits per heavy atom. The van der Waals surface area contributed by atoms with Crippen LogP contribution in [0.25, 0.3) is 11.4 Å². The van der Waals surface area contributed by atoms with Gasteiger partial charge in [0.05, 0.1) is 5.56 Å². The van der Waals surface area contributed by atoms with Crippen LogP contribution in [0.15, 0.2) is 24.3 Å². The molecule has 0 saturated carbocycles. The van der Waals surface area contributed by atoms with Crippen LogP contribution in [0, 0.1) is 0 Å². The Morgan fingerprint density at radius 2 is 1.74 bits per heavy atom. The second-order valence-corrected chi connectivity index (χ2v) is 5.54. The third-order valence-electron chi connectivity index (χ3n) is 2.94. The molecule has 0 saturated heterocycles. The molecule has 5 heteroatoms. The van der Waals surface area contributed by atoms with Gasteiger partial charge in [-0.2, -0.15) is 0 Å². The van der Waals surface area contributed by atoms with E-state index in [4.69, 9.17) is 5.11 Å². The summed E-state index contributed by atoms with van der Waals surface area (Å²) in [6.07, 6.45) is 0. The fourth-order valence-electron chi connectivity index (χ4n) is 2.00. The third-order valence-corrected chi connectivity index (χ3v) is 2.94. The van der Waals surface area contributed by atoms with Gasteiger partial charge in [-0.1, -0.05) is 32.9 Å². The van der Waals surface area contributed by atoms with Gasteiger partial charge in [0, 0.05) is 18.0 Å². The van der Waals surface area contributed by atoms with Crippen LogP contribution in [0.5, 0.6) is 0 Å². The molecule has 0 aliphatic heterocycles. The minimum absolute atomic E-state index is 0.0823. The van der Waals surface area contributed by atoms with E-state index in [2.05, 4.69) is 31.0 Å². The highest BCUT2D eigenvalue weighted by atomic mass is 16.4. The Balaban J connectivity index is 2.43. The number of carbonyl (C=O) groups is 1. The zero-order chi connectivity index (χ0) is 14.2. The average molecular weight is 259 g/mol. The van der Waals surface area contributed by atoms with E-state index < -0.39 is 5.97 Å². The van der Waals surface area contributed by atoms with Crippen molar-refractivity contribution >= 4 is 5.97 Å². The van der Waals surface area contributed by atoms with Gasteiger partial charge in [-0.3, -0.25) is 0 Å². The summed E-state index contributed by atoms with van der Waals surface area (Å²) in [6.45, 7) is 6.23. The molecule has 0 atom stereocenters. The van der Waals surface area contributed by atoms with E-state index in [0.717, 1.165) is 17.2 Å². The molecule has 5 nitrogen and oxygen atoms in total. The van der Waals surface area contributed by atoms with Crippen LogP contribution in [0.3, 0.4) is 0 Å². The van der Waals surface area contributed by atoms with Gasteiger partial charge in [-0.15, -0.1) is 10.2 Å². The average Bonchev–Trinajstić information content (AvgIpc) is 2.71. The number of aromatic nitrogens is 3. The number of carboxylic acids is 1. The second kappa shape index (κ2) is 4.50. The Kier molecular flexibility index (Phi) is 3.14. The van der Waals surface area contributed by atoms with Gasteiger partial charge in [0.15, 0.2) is 5.82 Å². The Bertz CT molecular complexity index is 607. The van der Waals surface area contributed by atoms with E-state index in [1.807, 2.05) is 11.6 Å². The maximum absolute atomic E-state index is 10.8. The van der Waals surface area contributed by atoms with Crippen LogP contribution >= 0.6 is 0 Å². The summed E-state index contributed by atoms with van der Waals surface area (Å²) < 4.78 is 1.94. The first-order valence-corrected chi connectivity index (χ1v) is 6.04. The summed E-state index contributed by atoms with van der Waals surface area (Å²) in [5.41, 5.74) is 1.04. The molecule has 0 bridgehead atoms. The monoisotopic (exact) mass is 259 g/mol. The molecule has 1 heterocycles. The predicted molar refractivity (Wildman–Crippen MR) is 72.1 cm³/mol.